The maximum atomic E-state index is 12.4. The van der Waals surface area contributed by atoms with Crippen molar-refractivity contribution in [2.75, 3.05) is 0 Å². The van der Waals surface area contributed by atoms with E-state index in [0.717, 1.165) is 0 Å². The number of aromatic amines is 1. The van der Waals surface area contributed by atoms with Gasteiger partial charge in [-0.1, -0.05) is 30.3 Å². The molecule has 0 aliphatic carbocycles. The second-order valence-electron chi connectivity index (χ2n) is 4.37. The zero-order chi connectivity index (χ0) is 15.0. The van der Waals surface area contributed by atoms with Crippen LogP contribution in [0.4, 0.5) is 0 Å². The van der Waals surface area contributed by atoms with Gasteiger partial charge in [0.2, 0.25) is 0 Å². The Bertz CT molecular complexity index is 1030. The molecule has 3 aromatic rings. The highest BCUT2D eigenvalue weighted by Crippen LogP contribution is 2.11. The second kappa shape index (κ2) is 4.71. The van der Waals surface area contributed by atoms with E-state index >= 15 is 0 Å². The van der Waals surface area contributed by atoms with Gasteiger partial charge in [-0.25, -0.2) is 5.10 Å². The fourth-order valence-corrected chi connectivity index (χ4v) is 3.28. The van der Waals surface area contributed by atoms with Gasteiger partial charge in [-0.05, 0) is 24.3 Å². The van der Waals surface area contributed by atoms with Crippen LogP contribution in [0.5, 0.6) is 0 Å². The Labute approximate surface area is 119 Å². The van der Waals surface area contributed by atoms with E-state index in [0.29, 0.717) is 4.09 Å². The third-order valence-corrected chi connectivity index (χ3v) is 4.68. The second-order valence-corrected chi connectivity index (χ2v) is 6.16. The Balaban J connectivity index is 2.40. The first-order chi connectivity index (χ1) is 10.0. The number of benzene rings is 2. The number of nitrogens with one attached hydrogen (secondary N) is 1. The van der Waals surface area contributed by atoms with Gasteiger partial charge < -0.3 is 0 Å². The predicted octanol–water partition coefficient (Wildman–Crippen LogP) is 0.927. The molecule has 1 aromatic heterocycles. The monoisotopic (exact) mass is 302 g/mol. The van der Waals surface area contributed by atoms with Crippen molar-refractivity contribution in [1.29, 1.82) is 0 Å². The summed E-state index contributed by atoms with van der Waals surface area (Å²) in [5.41, 5.74) is -1.42. The van der Waals surface area contributed by atoms with Gasteiger partial charge in [0.1, 0.15) is 0 Å². The lowest BCUT2D eigenvalue weighted by molar-refractivity contribution is 0.575. The van der Waals surface area contributed by atoms with Crippen molar-refractivity contribution in [2.24, 2.45) is 0 Å². The van der Waals surface area contributed by atoms with E-state index in [1.807, 2.05) is 0 Å². The Kier molecular flexibility index (Phi) is 2.99. The SMILES string of the molecule is O=c1[nH]n(S(=O)(=O)c2ccccc2)c(=O)c2ccccc12. The average molecular weight is 302 g/mol. The van der Waals surface area contributed by atoms with Crippen molar-refractivity contribution in [3.63, 3.8) is 0 Å². The van der Waals surface area contributed by atoms with E-state index in [1.165, 1.54) is 36.4 Å². The summed E-state index contributed by atoms with van der Waals surface area (Å²) in [6, 6.07) is 13.5. The summed E-state index contributed by atoms with van der Waals surface area (Å²) in [5, 5.41) is 2.33. The van der Waals surface area contributed by atoms with E-state index < -0.39 is 21.1 Å². The molecule has 0 aliphatic rings. The summed E-state index contributed by atoms with van der Waals surface area (Å²) in [4.78, 5) is 24.2. The van der Waals surface area contributed by atoms with Gasteiger partial charge in [0.25, 0.3) is 21.1 Å². The first kappa shape index (κ1) is 13.3. The van der Waals surface area contributed by atoms with E-state index in [-0.39, 0.29) is 15.7 Å². The quantitative estimate of drug-likeness (QED) is 0.762. The van der Waals surface area contributed by atoms with Crippen molar-refractivity contribution in [1.82, 2.24) is 9.19 Å². The van der Waals surface area contributed by atoms with E-state index in [9.17, 15) is 18.0 Å². The Morgan fingerprint density at radius 3 is 2.05 bits per heavy atom. The molecule has 2 aromatic carbocycles. The van der Waals surface area contributed by atoms with Gasteiger partial charge in [-0.2, -0.15) is 8.42 Å². The number of hydrogen-bond donors (Lipinski definition) is 1. The lowest BCUT2D eigenvalue weighted by atomic mass is 10.2. The number of nitrogens with zero attached hydrogens (tertiary/aromatic N) is 1. The fraction of sp³-hybridized carbons (Fsp3) is 0. The van der Waals surface area contributed by atoms with Crippen LogP contribution in [0, 0.1) is 0 Å². The number of hydrogen-bond acceptors (Lipinski definition) is 4. The molecule has 7 heteroatoms. The molecule has 0 aliphatic heterocycles. The summed E-state index contributed by atoms with van der Waals surface area (Å²) in [6.45, 7) is 0. The molecule has 0 saturated heterocycles. The van der Waals surface area contributed by atoms with Crippen LogP contribution in [-0.4, -0.2) is 17.6 Å². The van der Waals surface area contributed by atoms with E-state index in [4.69, 9.17) is 0 Å². The molecule has 106 valence electrons. The molecule has 0 radical (unpaired) electrons. The lowest BCUT2D eigenvalue weighted by Gasteiger charge is -2.08. The zero-order valence-corrected chi connectivity index (χ0v) is 11.5. The summed E-state index contributed by atoms with van der Waals surface area (Å²) in [5.74, 6) is 0. The maximum Gasteiger partial charge on any atom is 0.287 e. The van der Waals surface area contributed by atoms with Crippen LogP contribution in [0.1, 0.15) is 0 Å². The molecule has 21 heavy (non-hydrogen) atoms. The number of H-pyrrole nitrogens is 1. The first-order valence-corrected chi connectivity index (χ1v) is 7.50. The van der Waals surface area contributed by atoms with Gasteiger partial charge in [-0.3, -0.25) is 9.59 Å². The summed E-state index contributed by atoms with van der Waals surface area (Å²) < 4.78 is 25.3. The molecule has 0 unspecified atom stereocenters. The van der Waals surface area contributed by atoms with Crippen LogP contribution in [0.15, 0.2) is 69.1 Å². The van der Waals surface area contributed by atoms with E-state index in [1.54, 1.807) is 18.2 Å². The highest BCUT2D eigenvalue weighted by atomic mass is 32.2. The number of rotatable bonds is 2. The first-order valence-electron chi connectivity index (χ1n) is 6.06. The third kappa shape index (κ3) is 2.07. The van der Waals surface area contributed by atoms with Gasteiger partial charge in [-0.15, -0.1) is 4.09 Å². The minimum absolute atomic E-state index is 0.0563. The Morgan fingerprint density at radius 1 is 0.810 bits per heavy atom. The van der Waals surface area contributed by atoms with Gasteiger partial charge in [0, 0.05) is 0 Å². The highest BCUT2D eigenvalue weighted by Gasteiger charge is 2.20. The molecule has 6 nitrogen and oxygen atoms in total. The van der Waals surface area contributed by atoms with Crippen LogP contribution in [0.2, 0.25) is 0 Å². The topological polar surface area (TPSA) is 89.0 Å². The molecule has 0 bridgehead atoms. The largest absolute Gasteiger partial charge is 0.287 e. The Hall–Kier alpha value is -2.67. The normalized spacial score (nSPS) is 11.6. The predicted molar refractivity (Wildman–Crippen MR) is 77.9 cm³/mol. The van der Waals surface area contributed by atoms with Crippen molar-refractivity contribution < 1.29 is 8.42 Å². The van der Waals surface area contributed by atoms with Crippen LogP contribution in [0.25, 0.3) is 10.8 Å². The van der Waals surface area contributed by atoms with Gasteiger partial charge >= 0.3 is 0 Å². The van der Waals surface area contributed by atoms with Crippen LogP contribution in [-0.2, 0) is 10.0 Å². The highest BCUT2D eigenvalue weighted by molar-refractivity contribution is 7.89. The summed E-state index contributed by atoms with van der Waals surface area (Å²) >= 11 is 0. The molecule has 0 fully saturated rings. The summed E-state index contributed by atoms with van der Waals surface area (Å²) in [7, 11) is -4.14. The fourth-order valence-electron chi connectivity index (χ4n) is 2.05. The summed E-state index contributed by atoms with van der Waals surface area (Å²) in [6.07, 6.45) is 0. The van der Waals surface area contributed by atoms with Crippen molar-refractivity contribution in [3.05, 3.63) is 75.3 Å². The minimum Gasteiger partial charge on any atom is -0.267 e. The maximum absolute atomic E-state index is 12.4. The molecular weight excluding hydrogens is 292 g/mol. The molecule has 1 heterocycles. The molecule has 1 N–H and O–H groups in total. The molecule has 0 atom stereocenters. The van der Waals surface area contributed by atoms with Gasteiger partial charge in [0.05, 0.1) is 15.7 Å². The average Bonchev–Trinajstić information content (AvgIpc) is 2.51. The van der Waals surface area contributed by atoms with Crippen molar-refractivity contribution >= 4 is 20.8 Å². The molecule has 3 rings (SSSR count). The molecular formula is C14H10N2O4S. The van der Waals surface area contributed by atoms with Crippen LogP contribution < -0.4 is 11.1 Å². The third-order valence-electron chi connectivity index (χ3n) is 3.07. The smallest absolute Gasteiger partial charge is 0.267 e. The van der Waals surface area contributed by atoms with Crippen LogP contribution in [0.3, 0.4) is 0 Å². The van der Waals surface area contributed by atoms with Gasteiger partial charge in [0.15, 0.2) is 0 Å². The van der Waals surface area contributed by atoms with Crippen molar-refractivity contribution in [3.8, 4) is 0 Å². The standard InChI is InChI=1S/C14H10N2O4S/c17-13-11-8-4-5-9-12(11)14(18)16(15-13)21(19,20)10-6-2-1-3-7-10/h1-9H,(H,15,17). The number of aromatic nitrogens is 2. The zero-order valence-electron chi connectivity index (χ0n) is 10.7. The van der Waals surface area contributed by atoms with E-state index in [2.05, 4.69) is 5.10 Å². The number of fused-ring (bicyclic) bond motifs is 1. The minimum atomic E-state index is -4.14. The molecule has 0 saturated carbocycles. The lowest BCUT2D eigenvalue weighted by Crippen LogP contribution is -2.34. The Morgan fingerprint density at radius 2 is 1.38 bits per heavy atom. The molecule has 0 spiro atoms. The van der Waals surface area contributed by atoms with Crippen molar-refractivity contribution in [2.45, 2.75) is 4.90 Å². The molecule has 0 amide bonds. The van der Waals surface area contributed by atoms with Crippen LogP contribution >= 0.6 is 0 Å².